The van der Waals surface area contributed by atoms with Gasteiger partial charge in [0.25, 0.3) is 0 Å². The standard InChI is InChI=1S/C4H8N6O2/c5-1-2(6)10(12)4(8)3(7)9(1)11/h5-6,11-12H,7-8H2. The number of nitrogen functional groups attached to an aromatic ring is 2. The maximum atomic E-state index is 8.97. The molecule has 8 nitrogen and oxygen atoms in total. The van der Waals surface area contributed by atoms with Crippen LogP contribution in [0.25, 0.3) is 0 Å². The van der Waals surface area contributed by atoms with Crippen molar-refractivity contribution in [3.05, 3.63) is 11.0 Å². The maximum Gasteiger partial charge on any atom is 0.209 e. The van der Waals surface area contributed by atoms with E-state index in [0.29, 0.717) is 0 Å². The first-order valence-electron chi connectivity index (χ1n) is 2.87. The van der Waals surface area contributed by atoms with Crippen molar-refractivity contribution in [3.63, 3.8) is 0 Å². The predicted octanol–water partition coefficient (Wildman–Crippen LogP) is -2.11. The predicted molar refractivity (Wildman–Crippen MR) is 37.3 cm³/mol. The SMILES string of the molecule is N=c1c(=N)n(O)c(N)c(N)n1O. The van der Waals surface area contributed by atoms with Gasteiger partial charge < -0.3 is 21.9 Å². The van der Waals surface area contributed by atoms with Crippen molar-refractivity contribution in [2.75, 3.05) is 11.5 Å². The Hall–Kier alpha value is -2.12. The molecule has 1 aromatic heterocycles. The Balaban J connectivity index is 3.86. The van der Waals surface area contributed by atoms with Gasteiger partial charge in [-0.15, -0.1) is 9.46 Å². The molecule has 1 heterocycles. The van der Waals surface area contributed by atoms with Gasteiger partial charge in [-0.3, -0.25) is 10.8 Å². The number of nitrogens with zero attached hydrogens (tertiary/aromatic N) is 2. The van der Waals surface area contributed by atoms with Crippen LogP contribution in [0.2, 0.25) is 0 Å². The third-order valence-electron chi connectivity index (χ3n) is 1.37. The van der Waals surface area contributed by atoms with E-state index in [-0.39, 0.29) is 9.46 Å². The molecule has 0 saturated heterocycles. The molecule has 1 aromatic rings. The average molecular weight is 172 g/mol. The minimum Gasteiger partial charge on any atom is -0.425 e. The Kier molecular flexibility index (Phi) is 1.45. The Bertz CT molecular complexity index is 387. The molecular weight excluding hydrogens is 164 g/mol. The second-order valence-corrected chi connectivity index (χ2v) is 2.09. The lowest BCUT2D eigenvalue weighted by atomic mass is 10.6. The number of nitrogens with one attached hydrogen (secondary N) is 2. The fourth-order valence-corrected chi connectivity index (χ4v) is 0.659. The molecule has 12 heavy (non-hydrogen) atoms. The van der Waals surface area contributed by atoms with Gasteiger partial charge in [0.1, 0.15) is 0 Å². The molecule has 0 unspecified atom stereocenters. The van der Waals surface area contributed by atoms with E-state index in [2.05, 4.69) is 0 Å². The Morgan fingerprint density at radius 3 is 1.42 bits per heavy atom. The fraction of sp³-hybridized carbons (Fsp3) is 0. The van der Waals surface area contributed by atoms with Crippen LogP contribution < -0.4 is 22.4 Å². The van der Waals surface area contributed by atoms with Crippen LogP contribution >= 0.6 is 0 Å². The zero-order valence-corrected chi connectivity index (χ0v) is 5.94. The summed E-state index contributed by atoms with van der Waals surface area (Å²) in [6.45, 7) is 0. The van der Waals surface area contributed by atoms with Crippen molar-refractivity contribution in [1.29, 1.82) is 10.8 Å². The molecule has 0 atom stereocenters. The van der Waals surface area contributed by atoms with Crippen molar-refractivity contribution in [1.82, 2.24) is 9.46 Å². The van der Waals surface area contributed by atoms with Crippen molar-refractivity contribution in [3.8, 4) is 0 Å². The van der Waals surface area contributed by atoms with Crippen LogP contribution in [0.5, 0.6) is 0 Å². The van der Waals surface area contributed by atoms with Crippen LogP contribution in [0.15, 0.2) is 0 Å². The van der Waals surface area contributed by atoms with E-state index in [9.17, 15) is 0 Å². The normalized spacial score (nSPS) is 10.0. The lowest BCUT2D eigenvalue weighted by Crippen LogP contribution is -2.42. The van der Waals surface area contributed by atoms with Crippen LogP contribution in [-0.2, 0) is 0 Å². The van der Waals surface area contributed by atoms with Crippen LogP contribution in [0.1, 0.15) is 0 Å². The molecular formula is C4H8N6O2. The number of rotatable bonds is 0. The van der Waals surface area contributed by atoms with Gasteiger partial charge >= 0.3 is 0 Å². The van der Waals surface area contributed by atoms with E-state index in [1.165, 1.54) is 0 Å². The number of hydrogen-bond acceptors (Lipinski definition) is 6. The van der Waals surface area contributed by atoms with E-state index >= 15 is 0 Å². The largest absolute Gasteiger partial charge is 0.425 e. The molecule has 1 rings (SSSR count). The fourth-order valence-electron chi connectivity index (χ4n) is 0.659. The summed E-state index contributed by atoms with van der Waals surface area (Å²) in [5.41, 5.74) is 9.01. The first-order chi connectivity index (χ1) is 5.46. The second-order valence-electron chi connectivity index (χ2n) is 2.09. The van der Waals surface area contributed by atoms with E-state index in [1.54, 1.807) is 0 Å². The highest BCUT2D eigenvalue weighted by Crippen LogP contribution is 2.04. The summed E-state index contributed by atoms with van der Waals surface area (Å²) in [5.74, 6) is -0.781. The smallest absolute Gasteiger partial charge is 0.209 e. The third kappa shape index (κ3) is 0.779. The van der Waals surface area contributed by atoms with Gasteiger partial charge in [-0.1, -0.05) is 0 Å². The van der Waals surface area contributed by atoms with Crippen molar-refractivity contribution in [2.45, 2.75) is 0 Å². The summed E-state index contributed by atoms with van der Waals surface area (Å²) >= 11 is 0. The molecule has 0 spiro atoms. The van der Waals surface area contributed by atoms with E-state index in [4.69, 9.17) is 32.7 Å². The molecule has 0 aromatic carbocycles. The monoisotopic (exact) mass is 172 g/mol. The molecule has 8 N–H and O–H groups in total. The van der Waals surface area contributed by atoms with Crippen LogP contribution in [0.3, 0.4) is 0 Å². The first-order valence-corrected chi connectivity index (χ1v) is 2.87. The minimum atomic E-state index is -0.649. The van der Waals surface area contributed by atoms with Crippen molar-refractivity contribution >= 4 is 11.6 Å². The van der Waals surface area contributed by atoms with Crippen LogP contribution in [0, 0.1) is 10.8 Å². The zero-order valence-electron chi connectivity index (χ0n) is 5.94. The molecule has 0 aliphatic carbocycles. The summed E-state index contributed by atoms with van der Waals surface area (Å²) < 4.78 is 0.425. The first kappa shape index (κ1) is 7.98. The van der Waals surface area contributed by atoms with Gasteiger partial charge in [-0.25, -0.2) is 0 Å². The van der Waals surface area contributed by atoms with Crippen molar-refractivity contribution < 1.29 is 10.4 Å². The number of hydrogen-bond donors (Lipinski definition) is 6. The molecule has 0 amide bonds. The third-order valence-corrected chi connectivity index (χ3v) is 1.37. The lowest BCUT2D eigenvalue weighted by molar-refractivity contribution is 0.140. The number of nitrogens with two attached hydrogens (primary N) is 2. The molecule has 0 fully saturated rings. The van der Waals surface area contributed by atoms with Crippen molar-refractivity contribution in [2.24, 2.45) is 0 Å². The zero-order chi connectivity index (χ0) is 9.46. The lowest BCUT2D eigenvalue weighted by Gasteiger charge is -2.08. The van der Waals surface area contributed by atoms with Gasteiger partial charge in [-0.2, -0.15) is 0 Å². The molecule has 0 radical (unpaired) electrons. The van der Waals surface area contributed by atoms with Crippen LogP contribution in [-0.4, -0.2) is 19.9 Å². The quantitative estimate of drug-likeness (QED) is 0.248. The maximum absolute atomic E-state index is 8.97. The topological polar surface area (TPSA) is 150 Å². The highest BCUT2D eigenvalue weighted by atomic mass is 16.5. The minimum absolute atomic E-state index is 0.213. The molecule has 66 valence electrons. The number of anilines is 2. The average Bonchev–Trinajstić information content (AvgIpc) is 2.08. The number of aromatic nitrogens is 2. The van der Waals surface area contributed by atoms with E-state index in [0.717, 1.165) is 0 Å². The molecule has 0 aliphatic rings. The van der Waals surface area contributed by atoms with Gasteiger partial charge in [-0.05, 0) is 0 Å². The molecule has 0 bridgehead atoms. The molecule has 0 aliphatic heterocycles. The summed E-state index contributed by atoms with van der Waals surface area (Å²) in [7, 11) is 0. The Morgan fingerprint density at radius 1 is 0.917 bits per heavy atom. The van der Waals surface area contributed by atoms with Gasteiger partial charge in [0.2, 0.25) is 11.0 Å². The van der Waals surface area contributed by atoms with E-state index in [1.807, 2.05) is 0 Å². The highest BCUT2D eigenvalue weighted by molar-refractivity contribution is 5.51. The van der Waals surface area contributed by atoms with Gasteiger partial charge in [0, 0.05) is 0 Å². The Labute approximate surface area is 65.8 Å². The highest BCUT2D eigenvalue weighted by Gasteiger charge is 2.08. The van der Waals surface area contributed by atoms with E-state index < -0.39 is 22.6 Å². The second kappa shape index (κ2) is 2.19. The summed E-state index contributed by atoms with van der Waals surface area (Å²) in [6.07, 6.45) is 0. The molecule has 8 heteroatoms. The Morgan fingerprint density at radius 2 is 1.17 bits per heavy atom. The van der Waals surface area contributed by atoms with Gasteiger partial charge in [0.15, 0.2) is 11.6 Å². The summed E-state index contributed by atoms with van der Waals surface area (Å²) in [6, 6.07) is 0. The molecule has 0 saturated carbocycles. The summed E-state index contributed by atoms with van der Waals surface area (Å²) in [4.78, 5) is 0. The van der Waals surface area contributed by atoms with Crippen LogP contribution in [0.4, 0.5) is 11.6 Å². The van der Waals surface area contributed by atoms with Gasteiger partial charge in [0.05, 0.1) is 0 Å². The summed E-state index contributed by atoms with van der Waals surface area (Å²) in [5, 5.41) is 32.0.